The number of pyridine rings is 1. The minimum atomic E-state index is -0.836. The first-order valence-corrected chi connectivity index (χ1v) is 7.02. The molecule has 106 valence electrons. The molecule has 1 unspecified atom stereocenters. The molecule has 1 saturated heterocycles. The molecular formula is C15H19N3O2. The van der Waals surface area contributed by atoms with E-state index in [1.807, 2.05) is 18.2 Å². The van der Waals surface area contributed by atoms with Gasteiger partial charge in [0.25, 0.3) is 0 Å². The van der Waals surface area contributed by atoms with Gasteiger partial charge in [0.05, 0.1) is 12.2 Å². The van der Waals surface area contributed by atoms with E-state index < -0.39 is 5.54 Å². The molecule has 20 heavy (non-hydrogen) atoms. The largest absolute Gasteiger partial charge is 0.340 e. The van der Waals surface area contributed by atoms with Gasteiger partial charge in [-0.15, -0.1) is 0 Å². The summed E-state index contributed by atoms with van der Waals surface area (Å²) in [5.41, 5.74) is -0.0194. The summed E-state index contributed by atoms with van der Waals surface area (Å²) in [6.45, 7) is 3.90. The van der Waals surface area contributed by atoms with Crippen molar-refractivity contribution in [1.82, 2.24) is 15.2 Å². The maximum Gasteiger partial charge on any atom is 0.248 e. The van der Waals surface area contributed by atoms with Gasteiger partial charge in [-0.25, -0.2) is 0 Å². The zero-order valence-electron chi connectivity index (χ0n) is 11.8. The van der Waals surface area contributed by atoms with E-state index in [-0.39, 0.29) is 17.9 Å². The lowest BCUT2D eigenvalue weighted by molar-refractivity contribution is -0.155. The maximum absolute atomic E-state index is 12.6. The second-order valence-electron chi connectivity index (χ2n) is 6.15. The van der Waals surface area contributed by atoms with Gasteiger partial charge >= 0.3 is 0 Å². The Kier molecular flexibility index (Phi) is 3.00. The van der Waals surface area contributed by atoms with Crippen LogP contribution in [-0.2, 0) is 16.1 Å². The van der Waals surface area contributed by atoms with Crippen LogP contribution in [0.2, 0.25) is 0 Å². The second kappa shape index (κ2) is 4.58. The summed E-state index contributed by atoms with van der Waals surface area (Å²) >= 11 is 0. The molecule has 1 aliphatic carbocycles. The Morgan fingerprint density at radius 1 is 1.35 bits per heavy atom. The summed E-state index contributed by atoms with van der Waals surface area (Å²) in [5.74, 6) is 0.242. The van der Waals surface area contributed by atoms with Gasteiger partial charge in [0.2, 0.25) is 11.8 Å². The van der Waals surface area contributed by atoms with E-state index >= 15 is 0 Å². The normalized spacial score (nSPS) is 25.5. The molecule has 2 aliphatic rings. The first-order valence-electron chi connectivity index (χ1n) is 7.02. The zero-order valence-corrected chi connectivity index (χ0v) is 11.8. The van der Waals surface area contributed by atoms with Crippen LogP contribution in [0.15, 0.2) is 24.4 Å². The first-order chi connectivity index (χ1) is 9.49. The summed E-state index contributed by atoms with van der Waals surface area (Å²) in [7, 11) is 0. The van der Waals surface area contributed by atoms with E-state index in [1.54, 1.807) is 24.9 Å². The molecule has 0 spiro atoms. The number of carbonyl (C=O) groups is 2. The summed E-state index contributed by atoms with van der Waals surface area (Å²) in [6, 6.07) is 5.29. The topological polar surface area (TPSA) is 62.3 Å². The number of rotatable bonds is 3. The predicted molar refractivity (Wildman–Crippen MR) is 73.5 cm³/mol. The zero-order chi connectivity index (χ0) is 14.3. The molecular weight excluding hydrogens is 254 g/mol. The van der Waals surface area contributed by atoms with Crippen LogP contribution in [0.25, 0.3) is 0 Å². The van der Waals surface area contributed by atoms with Crippen molar-refractivity contribution < 1.29 is 9.59 Å². The van der Waals surface area contributed by atoms with E-state index in [0.717, 1.165) is 18.5 Å². The van der Waals surface area contributed by atoms with E-state index in [0.29, 0.717) is 12.5 Å². The molecule has 3 rings (SSSR count). The van der Waals surface area contributed by atoms with Crippen LogP contribution in [0.4, 0.5) is 0 Å². The van der Waals surface area contributed by atoms with Crippen LogP contribution < -0.4 is 5.32 Å². The molecule has 0 aromatic carbocycles. The van der Waals surface area contributed by atoms with Gasteiger partial charge in [-0.2, -0.15) is 0 Å². The molecule has 1 aromatic rings. The quantitative estimate of drug-likeness (QED) is 0.897. The molecule has 2 amide bonds. The summed E-state index contributed by atoms with van der Waals surface area (Å²) in [6.07, 6.45) is 3.75. The Labute approximate surface area is 118 Å². The van der Waals surface area contributed by atoms with Crippen molar-refractivity contribution in [2.45, 2.75) is 44.8 Å². The van der Waals surface area contributed by atoms with Crippen LogP contribution in [-0.4, -0.2) is 33.3 Å². The fourth-order valence-electron chi connectivity index (χ4n) is 2.78. The number of carbonyl (C=O) groups excluding carboxylic acids is 2. The first kappa shape index (κ1) is 13.1. The number of amides is 2. The molecule has 5 heteroatoms. The van der Waals surface area contributed by atoms with Gasteiger partial charge in [0.1, 0.15) is 11.6 Å². The Morgan fingerprint density at radius 3 is 2.70 bits per heavy atom. The highest BCUT2D eigenvalue weighted by Gasteiger charge is 2.50. The van der Waals surface area contributed by atoms with Crippen LogP contribution >= 0.6 is 0 Å². The number of hydrogen-bond donors (Lipinski definition) is 1. The van der Waals surface area contributed by atoms with Crippen molar-refractivity contribution in [1.29, 1.82) is 0 Å². The third kappa shape index (κ3) is 2.28. The van der Waals surface area contributed by atoms with Gasteiger partial charge in [-0.05, 0) is 44.7 Å². The SMILES string of the molecule is CC1(C)NC(=O)C(C2CC2)N(Cc2ccccn2)C1=O. The van der Waals surface area contributed by atoms with E-state index in [2.05, 4.69) is 10.3 Å². The highest BCUT2D eigenvalue weighted by Crippen LogP contribution is 2.38. The van der Waals surface area contributed by atoms with Crippen molar-refractivity contribution in [2.24, 2.45) is 5.92 Å². The molecule has 5 nitrogen and oxygen atoms in total. The molecule has 0 radical (unpaired) electrons. The van der Waals surface area contributed by atoms with Gasteiger partial charge in [-0.3, -0.25) is 14.6 Å². The Balaban J connectivity index is 1.89. The third-order valence-electron chi connectivity index (χ3n) is 3.96. The summed E-state index contributed by atoms with van der Waals surface area (Å²) in [5, 5.41) is 2.84. The van der Waals surface area contributed by atoms with Crippen molar-refractivity contribution in [3.8, 4) is 0 Å². The highest BCUT2D eigenvalue weighted by atomic mass is 16.2. The Hall–Kier alpha value is -1.91. The standard InChI is InChI=1S/C15H19N3O2/c1-15(2)14(20)18(9-11-5-3-4-8-16-11)12(10-6-7-10)13(19)17-15/h3-5,8,10,12H,6-7,9H2,1-2H3,(H,17,19). The van der Waals surface area contributed by atoms with Crippen LogP contribution in [0.5, 0.6) is 0 Å². The lowest BCUT2D eigenvalue weighted by Gasteiger charge is -2.43. The van der Waals surface area contributed by atoms with Gasteiger partial charge in [-0.1, -0.05) is 6.07 Å². The monoisotopic (exact) mass is 273 g/mol. The molecule has 2 fully saturated rings. The van der Waals surface area contributed by atoms with Gasteiger partial charge in [0, 0.05) is 6.20 Å². The number of piperazine rings is 1. The lowest BCUT2D eigenvalue weighted by atomic mass is 9.94. The van der Waals surface area contributed by atoms with Crippen LogP contribution in [0.1, 0.15) is 32.4 Å². The van der Waals surface area contributed by atoms with Crippen LogP contribution in [0.3, 0.4) is 0 Å². The average Bonchev–Trinajstić information content (AvgIpc) is 3.21. The minimum Gasteiger partial charge on any atom is -0.340 e. The third-order valence-corrected chi connectivity index (χ3v) is 3.96. The molecule has 0 bridgehead atoms. The van der Waals surface area contributed by atoms with Crippen molar-refractivity contribution in [2.75, 3.05) is 0 Å². The highest BCUT2D eigenvalue weighted by molar-refractivity contribution is 5.99. The Morgan fingerprint density at radius 2 is 2.10 bits per heavy atom. The Bertz CT molecular complexity index is 537. The van der Waals surface area contributed by atoms with Crippen molar-refractivity contribution in [3.05, 3.63) is 30.1 Å². The van der Waals surface area contributed by atoms with Gasteiger partial charge < -0.3 is 10.2 Å². The molecule has 2 heterocycles. The maximum atomic E-state index is 12.6. The molecule has 1 atom stereocenters. The van der Waals surface area contributed by atoms with Crippen LogP contribution in [0, 0.1) is 5.92 Å². The number of nitrogens with zero attached hydrogens (tertiary/aromatic N) is 2. The minimum absolute atomic E-state index is 0.0281. The second-order valence-corrected chi connectivity index (χ2v) is 6.15. The molecule has 1 N–H and O–H groups in total. The fraction of sp³-hybridized carbons (Fsp3) is 0.533. The van der Waals surface area contributed by atoms with Crippen molar-refractivity contribution in [3.63, 3.8) is 0 Å². The lowest BCUT2D eigenvalue weighted by Crippen LogP contribution is -2.68. The number of nitrogens with one attached hydrogen (secondary N) is 1. The number of hydrogen-bond acceptors (Lipinski definition) is 3. The summed E-state index contributed by atoms with van der Waals surface area (Å²) in [4.78, 5) is 30.9. The predicted octanol–water partition coefficient (Wildman–Crippen LogP) is 1.10. The molecule has 1 aromatic heterocycles. The average molecular weight is 273 g/mol. The van der Waals surface area contributed by atoms with E-state index in [9.17, 15) is 9.59 Å². The molecule has 1 aliphatic heterocycles. The van der Waals surface area contributed by atoms with Crippen molar-refractivity contribution >= 4 is 11.8 Å². The molecule has 1 saturated carbocycles. The summed E-state index contributed by atoms with van der Waals surface area (Å²) < 4.78 is 0. The van der Waals surface area contributed by atoms with E-state index in [1.165, 1.54) is 0 Å². The fourth-order valence-corrected chi connectivity index (χ4v) is 2.78. The smallest absolute Gasteiger partial charge is 0.248 e. The van der Waals surface area contributed by atoms with Gasteiger partial charge in [0.15, 0.2) is 0 Å². The number of aromatic nitrogens is 1. The van der Waals surface area contributed by atoms with E-state index in [4.69, 9.17) is 0 Å².